The summed E-state index contributed by atoms with van der Waals surface area (Å²) in [7, 11) is -3.51. The average Bonchev–Trinajstić information content (AvgIpc) is 2.45. The molecule has 0 aliphatic heterocycles. The van der Waals surface area contributed by atoms with E-state index >= 15 is 0 Å². The zero-order valence-corrected chi connectivity index (χ0v) is 25.3. The fourth-order valence-electron chi connectivity index (χ4n) is 4.01. The number of hydrogen-bond acceptors (Lipinski definition) is 2. The van der Waals surface area contributed by atoms with Crippen molar-refractivity contribution in [2.24, 2.45) is 11.3 Å². The van der Waals surface area contributed by atoms with Gasteiger partial charge in [-0.05, 0) is 79.4 Å². The molecule has 5 radical (unpaired) electrons. The number of rotatable bonds is 4. The molecule has 0 bridgehead atoms. The fourth-order valence-corrected chi connectivity index (χ4v) is 6.78. The van der Waals surface area contributed by atoms with Crippen LogP contribution in [0.5, 0.6) is 0 Å². The van der Waals surface area contributed by atoms with Crippen molar-refractivity contribution in [1.82, 2.24) is 0 Å². The van der Waals surface area contributed by atoms with Crippen molar-refractivity contribution in [3.63, 3.8) is 0 Å². The first-order valence-corrected chi connectivity index (χ1v) is 16.8. The Hall–Kier alpha value is 0.892. The molecule has 0 unspecified atom stereocenters. The van der Waals surface area contributed by atoms with Gasteiger partial charge < -0.3 is 8.85 Å². The van der Waals surface area contributed by atoms with Crippen LogP contribution < -0.4 is 0 Å². The van der Waals surface area contributed by atoms with Crippen molar-refractivity contribution in [3.8, 4) is 0 Å². The van der Waals surface area contributed by atoms with Gasteiger partial charge in [-0.15, -0.1) is 0 Å². The summed E-state index contributed by atoms with van der Waals surface area (Å²) in [6.45, 7) is 26.0. The summed E-state index contributed by atoms with van der Waals surface area (Å²) < 4.78 is 13.8. The van der Waals surface area contributed by atoms with Gasteiger partial charge in [-0.1, -0.05) is 76.8 Å². The minimum Gasteiger partial charge on any atom is -0.414 e. The third-order valence-electron chi connectivity index (χ3n) is 8.07. The van der Waals surface area contributed by atoms with Crippen LogP contribution in [0.1, 0.15) is 96.4 Å². The molecule has 2 aliphatic rings. The maximum Gasteiger partial charge on any atom is 0.192 e. The molecule has 4 atom stereocenters. The summed E-state index contributed by atoms with van der Waals surface area (Å²) in [5, 5.41) is 0.517. The summed E-state index contributed by atoms with van der Waals surface area (Å²) in [6, 6.07) is 0. The molecule has 0 heterocycles. The van der Waals surface area contributed by atoms with Gasteiger partial charge in [0.2, 0.25) is 0 Å². The van der Waals surface area contributed by atoms with Crippen molar-refractivity contribution in [3.05, 3.63) is 12.2 Å². The van der Waals surface area contributed by atoms with Crippen LogP contribution in [-0.4, -0.2) is 52.8 Å². The van der Waals surface area contributed by atoms with E-state index in [0.717, 1.165) is 19.3 Å². The summed E-state index contributed by atoms with van der Waals surface area (Å²) in [4.78, 5) is 0. The van der Waals surface area contributed by atoms with Crippen LogP contribution in [-0.2, 0) is 8.85 Å². The molecule has 0 aromatic heterocycles. The molecule has 2 nitrogen and oxygen atoms in total. The van der Waals surface area contributed by atoms with Crippen molar-refractivity contribution in [2.45, 2.75) is 145 Å². The van der Waals surface area contributed by atoms with E-state index in [0.29, 0.717) is 18.1 Å². The molecule has 1 fully saturated rings. The van der Waals surface area contributed by atoms with E-state index in [1.807, 2.05) is 0 Å². The first-order chi connectivity index (χ1) is 12.0. The summed E-state index contributed by atoms with van der Waals surface area (Å²) in [5.74, 6) is 0.528. The smallest absolute Gasteiger partial charge is 0.192 e. The zero-order valence-electron chi connectivity index (χ0n) is 20.5. The second-order valence-electron chi connectivity index (χ2n) is 12.3. The first-order valence-electron chi connectivity index (χ1n) is 10.9. The fraction of sp³-hybridized carbons (Fsp3) is 0.923. The molecule has 0 amide bonds. The van der Waals surface area contributed by atoms with Gasteiger partial charge in [0.1, 0.15) is 0 Å². The van der Waals surface area contributed by atoms with Gasteiger partial charge in [0, 0.05) is 30.0 Å². The Labute approximate surface area is 216 Å². The Morgan fingerprint density at radius 3 is 1.77 bits per heavy atom. The third-order valence-corrected chi connectivity index (χ3v) is 17.1. The molecule has 0 spiro atoms. The largest absolute Gasteiger partial charge is 0.414 e. The average molecular weight is 577 g/mol. The number of fused-ring (bicyclic) bond motifs is 1. The van der Waals surface area contributed by atoms with Crippen LogP contribution in [0, 0.1) is 17.4 Å². The Morgan fingerprint density at radius 2 is 1.32 bits per heavy atom. The number of allylic oxidation sites excluding steroid dienone is 1. The third kappa shape index (κ3) is 8.25. The first kappa shape index (κ1) is 36.5. The van der Waals surface area contributed by atoms with Gasteiger partial charge in [0.15, 0.2) is 16.6 Å². The topological polar surface area (TPSA) is 18.5 Å². The summed E-state index contributed by atoms with van der Waals surface area (Å²) in [5.41, 5.74) is 0.151. The SMILES string of the molecule is C.C.C.CC(C)(C)[Si](C)(C)O[C@H]1CC[C@]2(C)[C]=CC[C@@H](O[Si](C)(C)C(C)(C)C)[C@H]2C1.[Sn]. The molecule has 2 aliphatic carbocycles. The van der Waals surface area contributed by atoms with Gasteiger partial charge in [0.25, 0.3) is 0 Å². The molecule has 31 heavy (non-hydrogen) atoms. The van der Waals surface area contributed by atoms with Crippen LogP contribution in [0.2, 0.25) is 36.3 Å². The van der Waals surface area contributed by atoms with Gasteiger partial charge in [-0.2, -0.15) is 0 Å². The van der Waals surface area contributed by atoms with E-state index in [4.69, 9.17) is 8.85 Å². The molecule has 185 valence electrons. The Kier molecular flexibility index (Phi) is 14.2. The molecule has 0 N–H and O–H groups in total. The van der Waals surface area contributed by atoms with E-state index in [9.17, 15) is 0 Å². The standard InChI is InChI=1S/C23H45O2Si2.3CH4.Sn/c1-21(2,3)26(8,9)24-18-14-16-23(7)15-12-13-20(19(23)17-18)25-27(10,11)22(4,5)6;;;;/h12,18-20H,13-14,16-17H2,1-11H3;3*1H4;/t18-,19+,20+,23-;;;;/m0..../s1. The maximum atomic E-state index is 6.95. The Bertz CT molecular complexity index is 561. The van der Waals surface area contributed by atoms with E-state index < -0.39 is 16.6 Å². The van der Waals surface area contributed by atoms with Crippen molar-refractivity contribution < 1.29 is 8.85 Å². The Balaban J connectivity index is -0.00000196. The molecule has 0 aromatic carbocycles. The van der Waals surface area contributed by atoms with Gasteiger partial charge in [-0.25, -0.2) is 0 Å². The van der Waals surface area contributed by atoms with Crippen LogP contribution >= 0.6 is 0 Å². The predicted molar refractivity (Wildman–Crippen MR) is 148 cm³/mol. The van der Waals surface area contributed by atoms with Crippen LogP contribution in [0.25, 0.3) is 0 Å². The maximum absolute atomic E-state index is 6.95. The van der Waals surface area contributed by atoms with E-state index in [-0.39, 0.29) is 61.7 Å². The molecule has 0 saturated heterocycles. The molecular formula is C26H57O2Si2Sn. The summed E-state index contributed by atoms with van der Waals surface area (Å²) in [6.07, 6.45) is 11.2. The predicted octanol–water partition coefficient (Wildman–Crippen LogP) is 8.86. The monoisotopic (exact) mass is 577 g/mol. The van der Waals surface area contributed by atoms with Gasteiger partial charge in [0.05, 0.1) is 6.10 Å². The van der Waals surface area contributed by atoms with Crippen molar-refractivity contribution in [2.75, 3.05) is 0 Å². The second kappa shape index (κ2) is 12.0. The van der Waals surface area contributed by atoms with Crippen LogP contribution in [0.15, 0.2) is 6.08 Å². The van der Waals surface area contributed by atoms with Gasteiger partial charge >= 0.3 is 0 Å². The van der Waals surface area contributed by atoms with E-state index in [2.05, 4.69) is 86.8 Å². The van der Waals surface area contributed by atoms with Crippen LogP contribution in [0.4, 0.5) is 0 Å². The van der Waals surface area contributed by atoms with E-state index in [1.165, 1.54) is 6.42 Å². The minimum absolute atomic E-state index is 0. The van der Waals surface area contributed by atoms with Crippen LogP contribution in [0.3, 0.4) is 0 Å². The number of hydrogen-bond donors (Lipinski definition) is 0. The zero-order chi connectivity index (χ0) is 20.9. The molecule has 5 heteroatoms. The molecule has 2 rings (SSSR count). The molecular weight excluding hydrogens is 519 g/mol. The van der Waals surface area contributed by atoms with Crippen molar-refractivity contribution >= 4 is 40.5 Å². The Morgan fingerprint density at radius 1 is 0.871 bits per heavy atom. The van der Waals surface area contributed by atoms with Gasteiger partial charge in [-0.3, -0.25) is 0 Å². The molecule has 1 saturated carbocycles. The summed E-state index contributed by atoms with van der Waals surface area (Å²) >= 11 is 0. The minimum atomic E-state index is -1.78. The normalized spacial score (nSPS) is 28.8. The quantitative estimate of drug-likeness (QED) is 0.311. The van der Waals surface area contributed by atoms with Crippen molar-refractivity contribution in [1.29, 1.82) is 0 Å². The molecule has 0 aromatic rings. The second-order valence-corrected chi connectivity index (χ2v) is 21.8. The van der Waals surface area contributed by atoms with E-state index in [1.54, 1.807) is 0 Å².